The second kappa shape index (κ2) is 9.05. The predicted molar refractivity (Wildman–Crippen MR) is 136 cm³/mol. The molecule has 2 aromatic rings. The highest BCUT2D eigenvalue weighted by Gasteiger charge is 2.46. The minimum Gasteiger partial charge on any atom is -0.444 e. The van der Waals surface area contributed by atoms with Crippen molar-refractivity contribution < 1.29 is 14.3 Å². The summed E-state index contributed by atoms with van der Waals surface area (Å²) in [6, 6.07) is 1.08. The average molecular weight is 555 g/mol. The van der Waals surface area contributed by atoms with Crippen LogP contribution in [0.5, 0.6) is 0 Å². The molecule has 1 amide bonds. The quantitative estimate of drug-likeness (QED) is 0.407. The summed E-state index contributed by atoms with van der Waals surface area (Å²) in [6.45, 7) is 14.8. The van der Waals surface area contributed by atoms with Crippen molar-refractivity contribution in [3.8, 4) is 0 Å². The minimum atomic E-state index is -1.20. The third kappa shape index (κ3) is 5.11. The van der Waals surface area contributed by atoms with E-state index >= 15 is 0 Å². The van der Waals surface area contributed by atoms with Gasteiger partial charge in [-0.3, -0.25) is 9.36 Å². The SMILES string of the molecule is CC(C)(C)OC(=O)N1CCC2(CCc3c2c(=O)n2nc(Br)nc2n3COCC[Si](C)(C)C)CC1. The molecule has 9 nitrogen and oxygen atoms in total. The first kappa shape index (κ1) is 25.4. The molecular weight excluding hydrogens is 518 g/mol. The van der Waals surface area contributed by atoms with Crippen molar-refractivity contribution in [1.29, 1.82) is 0 Å². The summed E-state index contributed by atoms with van der Waals surface area (Å²) >= 11 is 3.34. The van der Waals surface area contributed by atoms with Crippen molar-refractivity contribution in [2.75, 3.05) is 19.7 Å². The molecule has 0 atom stereocenters. The summed E-state index contributed by atoms with van der Waals surface area (Å²) in [5, 5.41) is 4.34. The van der Waals surface area contributed by atoms with Crippen LogP contribution in [0.3, 0.4) is 0 Å². The first-order valence-electron chi connectivity index (χ1n) is 12.0. The summed E-state index contributed by atoms with van der Waals surface area (Å²) in [7, 11) is -1.20. The van der Waals surface area contributed by atoms with Gasteiger partial charge in [0, 0.05) is 44.4 Å². The van der Waals surface area contributed by atoms with Crippen LogP contribution in [0, 0.1) is 0 Å². The number of nitrogens with zero attached hydrogens (tertiary/aromatic N) is 5. The summed E-state index contributed by atoms with van der Waals surface area (Å²) in [6.07, 6.45) is 2.83. The summed E-state index contributed by atoms with van der Waals surface area (Å²) in [4.78, 5) is 32.4. The molecule has 0 saturated carbocycles. The Morgan fingerprint density at radius 3 is 2.47 bits per heavy atom. The van der Waals surface area contributed by atoms with Crippen molar-refractivity contribution in [3.05, 3.63) is 26.3 Å². The van der Waals surface area contributed by atoms with E-state index in [4.69, 9.17) is 9.47 Å². The molecule has 1 aliphatic carbocycles. The van der Waals surface area contributed by atoms with Crippen LogP contribution in [0.1, 0.15) is 51.3 Å². The average Bonchev–Trinajstić information content (AvgIpc) is 3.27. The zero-order chi connectivity index (χ0) is 24.9. The van der Waals surface area contributed by atoms with Gasteiger partial charge in [0.05, 0.1) is 0 Å². The summed E-state index contributed by atoms with van der Waals surface area (Å²) < 4.78 is 15.4. The third-order valence-electron chi connectivity index (χ3n) is 6.79. The van der Waals surface area contributed by atoms with Crippen LogP contribution in [-0.4, -0.2) is 63.5 Å². The Balaban J connectivity index is 1.62. The van der Waals surface area contributed by atoms with Gasteiger partial charge in [-0.15, -0.1) is 5.10 Å². The van der Waals surface area contributed by atoms with Gasteiger partial charge < -0.3 is 14.4 Å². The largest absolute Gasteiger partial charge is 0.444 e. The Bertz CT molecular complexity index is 1140. The highest BCUT2D eigenvalue weighted by Crippen LogP contribution is 2.45. The van der Waals surface area contributed by atoms with Crippen LogP contribution in [0.15, 0.2) is 9.53 Å². The van der Waals surface area contributed by atoms with Gasteiger partial charge in [0.2, 0.25) is 10.5 Å². The monoisotopic (exact) mass is 553 g/mol. The number of hydrogen-bond donors (Lipinski definition) is 0. The van der Waals surface area contributed by atoms with Gasteiger partial charge in [-0.25, -0.2) is 4.79 Å². The zero-order valence-corrected chi connectivity index (χ0v) is 23.7. The third-order valence-corrected chi connectivity index (χ3v) is 8.83. The Morgan fingerprint density at radius 2 is 1.85 bits per heavy atom. The van der Waals surface area contributed by atoms with Gasteiger partial charge in [-0.2, -0.15) is 9.50 Å². The Kier molecular flexibility index (Phi) is 6.76. The zero-order valence-electron chi connectivity index (χ0n) is 21.1. The maximum absolute atomic E-state index is 13.6. The lowest BCUT2D eigenvalue weighted by atomic mass is 9.74. The molecule has 1 spiro atoms. The number of carbonyl (C=O) groups is 1. The normalized spacial score (nSPS) is 18.0. The van der Waals surface area contributed by atoms with Gasteiger partial charge in [-0.05, 0) is 68.4 Å². The fourth-order valence-electron chi connectivity index (χ4n) is 4.96. The number of rotatable bonds is 5. The molecule has 0 unspecified atom stereocenters. The van der Waals surface area contributed by atoms with Crippen LogP contribution in [0.4, 0.5) is 4.79 Å². The fraction of sp³-hybridized carbons (Fsp3) is 0.739. The van der Waals surface area contributed by atoms with Crippen LogP contribution in [-0.2, 0) is 28.0 Å². The summed E-state index contributed by atoms with van der Waals surface area (Å²) in [5.41, 5.74) is 0.912. The molecule has 188 valence electrons. The predicted octanol–water partition coefficient (Wildman–Crippen LogP) is 4.18. The van der Waals surface area contributed by atoms with E-state index in [1.165, 1.54) is 4.52 Å². The number of hydrogen-bond acceptors (Lipinski definition) is 6. The van der Waals surface area contributed by atoms with E-state index < -0.39 is 13.7 Å². The van der Waals surface area contributed by atoms with Crippen molar-refractivity contribution in [1.82, 2.24) is 24.1 Å². The molecule has 0 aromatic carbocycles. The lowest BCUT2D eigenvalue weighted by molar-refractivity contribution is 0.0163. The Labute approximate surface area is 210 Å². The second-order valence-corrected chi connectivity index (χ2v) is 18.1. The van der Waals surface area contributed by atoms with Gasteiger partial charge in [-0.1, -0.05) is 19.6 Å². The molecule has 1 saturated heterocycles. The molecule has 1 fully saturated rings. The van der Waals surface area contributed by atoms with Crippen LogP contribution in [0.25, 0.3) is 5.78 Å². The van der Waals surface area contributed by atoms with E-state index in [0.29, 0.717) is 36.9 Å². The maximum atomic E-state index is 13.6. The van der Waals surface area contributed by atoms with Crippen molar-refractivity contribution in [2.45, 2.75) is 89.9 Å². The number of ether oxygens (including phenoxy) is 2. The van der Waals surface area contributed by atoms with E-state index in [2.05, 4.69) is 45.7 Å². The Morgan fingerprint density at radius 1 is 1.18 bits per heavy atom. The van der Waals surface area contributed by atoms with Crippen LogP contribution in [0.2, 0.25) is 25.7 Å². The number of halogens is 1. The van der Waals surface area contributed by atoms with E-state index in [1.807, 2.05) is 25.3 Å². The van der Waals surface area contributed by atoms with Gasteiger partial charge in [0.15, 0.2) is 0 Å². The number of amides is 1. The van der Waals surface area contributed by atoms with Crippen molar-refractivity contribution in [2.24, 2.45) is 0 Å². The number of aromatic nitrogens is 4. The van der Waals surface area contributed by atoms with Crippen LogP contribution >= 0.6 is 15.9 Å². The molecule has 1 aliphatic heterocycles. The standard InChI is InChI=1S/C23H36BrN5O4Si/c1-22(2,3)33-21(31)27-11-9-23(10-12-27)8-7-16-17(23)18(30)29-20(25-19(24)26-29)28(16)15-32-13-14-34(4,5)6/h7-15H2,1-6H3. The highest BCUT2D eigenvalue weighted by atomic mass is 79.9. The van der Waals surface area contributed by atoms with E-state index in [-0.39, 0.29) is 17.1 Å². The van der Waals surface area contributed by atoms with Gasteiger partial charge in [0.1, 0.15) is 12.3 Å². The van der Waals surface area contributed by atoms with Crippen molar-refractivity contribution >= 4 is 35.9 Å². The molecule has 0 bridgehead atoms. The first-order chi connectivity index (χ1) is 15.8. The lowest BCUT2D eigenvalue weighted by Gasteiger charge is -2.39. The molecule has 0 N–H and O–H groups in total. The molecule has 2 aromatic heterocycles. The molecule has 4 rings (SSSR count). The number of likely N-dealkylation sites (tertiary alicyclic amines) is 1. The van der Waals surface area contributed by atoms with E-state index in [9.17, 15) is 9.59 Å². The van der Waals surface area contributed by atoms with Crippen LogP contribution < -0.4 is 5.56 Å². The number of piperidine rings is 1. The molecule has 11 heteroatoms. The highest BCUT2D eigenvalue weighted by molar-refractivity contribution is 9.10. The number of fused-ring (bicyclic) bond motifs is 3. The second-order valence-electron chi connectivity index (χ2n) is 11.7. The Hall–Kier alpha value is -1.72. The maximum Gasteiger partial charge on any atom is 0.410 e. The molecular formula is C23H36BrN5O4Si. The number of carbonyl (C=O) groups excluding carboxylic acids is 1. The van der Waals surface area contributed by atoms with Gasteiger partial charge in [0.25, 0.3) is 5.56 Å². The fourth-order valence-corrected chi connectivity index (χ4v) is 6.04. The molecule has 0 radical (unpaired) electrons. The first-order valence-corrected chi connectivity index (χ1v) is 16.5. The van der Waals surface area contributed by atoms with E-state index in [1.54, 1.807) is 4.90 Å². The topological polar surface area (TPSA) is 91.0 Å². The molecule has 34 heavy (non-hydrogen) atoms. The minimum absolute atomic E-state index is 0.107. The lowest BCUT2D eigenvalue weighted by Crippen LogP contribution is -2.47. The molecule has 3 heterocycles. The smallest absolute Gasteiger partial charge is 0.410 e. The summed E-state index contributed by atoms with van der Waals surface area (Å²) in [5.74, 6) is 0.506. The van der Waals surface area contributed by atoms with E-state index in [0.717, 1.165) is 43.0 Å². The van der Waals surface area contributed by atoms with Gasteiger partial charge >= 0.3 is 6.09 Å². The van der Waals surface area contributed by atoms with Crippen molar-refractivity contribution in [3.63, 3.8) is 0 Å². The molecule has 2 aliphatic rings.